The fourth-order valence-corrected chi connectivity index (χ4v) is 7.40. The van der Waals surface area contributed by atoms with E-state index in [0.29, 0.717) is 5.82 Å². The van der Waals surface area contributed by atoms with Gasteiger partial charge in [-0.3, -0.25) is 0 Å². The van der Waals surface area contributed by atoms with Crippen LogP contribution in [0.15, 0.2) is 164 Å². The van der Waals surface area contributed by atoms with Crippen LogP contribution in [0.4, 0.5) is 0 Å². The number of hydrogen-bond donors (Lipinski definition) is 0. The van der Waals surface area contributed by atoms with Crippen LogP contribution in [0.2, 0.25) is 0 Å². The first-order valence-corrected chi connectivity index (χ1v) is 16.3. The standard InChI is InChI=1S/C45H27N3/c1-2-13-29-26-31(25-24-28(29)12-1)43-38-21-8-10-23-40(38)47-45(48-43)32-15-11-14-30(27-32)44-42-36-19-6-4-17-34(36)33-16-3-5-18-35(33)41(42)37-20-7-9-22-39(37)46-44/h1-27H. The van der Waals surface area contributed by atoms with Crippen molar-refractivity contribution < 1.29 is 0 Å². The first-order chi connectivity index (χ1) is 23.8. The molecule has 0 aliphatic rings. The molecule has 0 aliphatic heterocycles. The van der Waals surface area contributed by atoms with Gasteiger partial charge in [0, 0.05) is 38.2 Å². The topological polar surface area (TPSA) is 38.7 Å². The average molecular weight is 610 g/mol. The number of benzene rings is 8. The third-order valence-corrected chi connectivity index (χ3v) is 9.60. The highest BCUT2D eigenvalue weighted by Gasteiger charge is 2.18. The summed E-state index contributed by atoms with van der Waals surface area (Å²) in [4.78, 5) is 15.7. The molecule has 3 nitrogen and oxygen atoms in total. The maximum absolute atomic E-state index is 5.37. The molecule has 0 radical (unpaired) electrons. The SMILES string of the molecule is c1cc(-c2nc(-c3ccc4ccccc4c3)c3ccccc3n2)cc(-c2nc3ccccc3c3c4ccccc4c4ccccc4c23)c1. The van der Waals surface area contributed by atoms with Gasteiger partial charge in [-0.15, -0.1) is 0 Å². The summed E-state index contributed by atoms with van der Waals surface area (Å²) in [5, 5.41) is 11.9. The average Bonchev–Trinajstić information content (AvgIpc) is 3.17. The molecule has 0 saturated heterocycles. The molecule has 10 aromatic rings. The Morgan fingerprint density at radius 3 is 1.62 bits per heavy atom. The van der Waals surface area contributed by atoms with Gasteiger partial charge < -0.3 is 0 Å². The fourth-order valence-electron chi connectivity index (χ4n) is 7.40. The van der Waals surface area contributed by atoms with Crippen LogP contribution in [0.25, 0.3) is 98.8 Å². The molecule has 3 heteroatoms. The number of nitrogens with zero attached hydrogens (tertiary/aromatic N) is 3. The summed E-state index contributed by atoms with van der Waals surface area (Å²) < 4.78 is 0. The predicted molar refractivity (Wildman–Crippen MR) is 201 cm³/mol. The van der Waals surface area contributed by atoms with Crippen molar-refractivity contribution in [3.05, 3.63) is 164 Å². The van der Waals surface area contributed by atoms with E-state index in [1.54, 1.807) is 0 Å². The summed E-state index contributed by atoms with van der Waals surface area (Å²) >= 11 is 0. The van der Waals surface area contributed by atoms with Gasteiger partial charge in [-0.1, -0.05) is 140 Å². The van der Waals surface area contributed by atoms with Crippen LogP contribution in [-0.4, -0.2) is 15.0 Å². The second-order valence-electron chi connectivity index (χ2n) is 12.4. The molecule has 10 rings (SSSR count). The third kappa shape index (κ3) is 4.11. The summed E-state index contributed by atoms with van der Waals surface area (Å²) in [6, 6.07) is 57.8. The van der Waals surface area contributed by atoms with Crippen LogP contribution in [-0.2, 0) is 0 Å². The first-order valence-electron chi connectivity index (χ1n) is 16.3. The van der Waals surface area contributed by atoms with E-state index in [0.717, 1.165) is 55.3 Å². The van der Waals surface area contributed by atoms with E-state index in [4.69, 9.17) is 15.0 Å². The number of aromatic nitrogens is 3. The van der Waals surface area contributed by atoms with E-state index < -0.39 is 0 Å². The Kier molecular flexibility index (Phi) is 5.87. The second kappa shape index (κ2) is 10.5. The van der Waals surface area contributed by atoms with Crippen molar-refractivity contribution in [2.45, 2.75) is 0 Å². The number of para-hydroxylation sites is 2. The molecule has 0 N–H and O–H groups in total. The van der Waals surface area contributed by atoms with Crippen molar-refractivity contribution in [2.75, 3.05) is 0 Å². The van der Waals surface area contributed by atoms with Gasteiger partial charge >= 0.3 is 0 Å². The minimum absolute atomic E-state index is 0.694. The number of fused-ring (bicyclic) bond motifs is 10. The lowest BCUT2D eigenvalue weighted by Gasteiger charge is -2.16. The molecule has 2 aromatic heterocycles. The Labute approximate surface area is 276 Å². The molecular weight excluding hydrogens is 583 g/mol. The van der Waals surface area contributed by atoms with Crippen molar-refractivity contribution in [3.8, 4) is 33.9 Å². The van der Waals surface area contributed by atoms with Crippen LogP contribution < -0.4 is 0 Å². The van der Waals surface area contributed by atoms with Crippen LogP contribution in [0, 0.1) is 0 Å². The third-order valence-electron chi connectivity index (χ3n) is 9.60. The normalized spacial score (nSPS) is 11.8. The van der Waals surface area contributed by atoms with Crippen molar-refractivity contribution in [1.29, 1.82) is 0 Å². The van der Waals surface area contributed by atoms with Gasteiger partial charge in [-0.05, 0) is 56.6 Å². The van der Waals surface area contributed by atoms with Gasteiger partial charge in [-0.25, -0.2) is 15.0 Å². The lowest BCUT2D eigenvalue weighted by Crippen LogP contribution is -1.96. The number of hydrogen-bond acceptors (Lipinski definition) is 3. The van der Waals surface area contributed by atoms with E-state index in [1.807, 2.05) is 6.07 Å². The molecule has 8 aromatic carbocycles. The number of pyridine rings is 1. The zero-order valence-corrected chi connectivity index (χ0v) is 25.9. The van der Waals surface area contributed by atoms with E-state index in [1.165, 1.54) is 37.7 Å². The van der Waals surface area contributed by atoms with Crippen LogP contribution in [0.1, 0.15) is 0 Å². The highest BCUT2D eigenvalue weighted by molar-refractivity contribution is 6.33. The summed E-state index contributed by atoms with van der Waals surface area (Å²) in [5.74, 6) is 0.694. The van der Waals surface area contributed by atoms with E-state index in [9.17, 15) is 0 Å². The molecule has 0 fully saturated rings. The largest absolute Gasteiger partial charge is 0.247 e. The molecule has 48 heavy (non-hydrogen) atoms. The molecular formula is C45H27N3. The molecule has 0 amide bonds. The summed E-state index contributed by atoms with van der Waals surface area (Å²) in [5.41, 5.74) is 6.85. The lowest BCUT2D eigenvalue weighted by atomic mass is 9.90. The maximum atomic E-state index is 5.37. The Bertz CT molecular complexity index is 2910. The van der Waals surface area contributed by atoms with Crippen LogP contribution >= 0.6 is 0 Å². The van der Waals surface area contributed by atoms with Gasteiger partial charge in [0.05, 0.1) is 22.4 Å². The van der Waals surface area contributed by atoms with Gasteiger partial charge in [0.2, 0.25) is 0 Å². The van der Waals surface area contributed by atoms with Crippen LogP contribution in [0.3, 0.4) is 0 Å². The van der Waals surface area contributed by atoms with Crippen molar-refractivity contribution in [1.82, 2.24) is 15.0 Å². The zero-order chi connectivity index (χ0) is 31.6. The summed E-state index contributed by atoms with van der Waals surface area (Å²) in [7, 11) is 0. The summed E-state index contributed by atoms with van der Waals surface area (Å²) in [6.45, 7) is 0. The second-order valence-corrected chi connectivity index (χ2v) is 12.4. The molecule has 0 bridgehead atoms. The van der Waals surface area contributed by atoms with E-state index in [2.05, 4.69) is 158 Å². The molecule has 0 saturated carbocycles. The zero-order valence-electron chi connectivity index (χ0n) is 25.9. The highest BCUT2D eigenvalue weighted by atomic mass is 14.9. The molecule has 0 spiro atoms. The lowest BCUT2D eigenvalue weighted by molar-refractivity contribution is 1.23. The molecule has 0 unspecified atom stereocenters. The molecule has 0 atom stereocenters. The quantitative estimate of drug-likeness (QED) is 0.187. The highest BCUT2D eigenvalue weighted by Crippen LogP contribution is 2.43. The van der Waals surface area contributed by atoms with E-state index >= 15 is 0 Å². The smallest absolute Gasteiger partial charge is 0.160 e. The minimum atomic E-state index is 0.694. The predicted octanol–water partition coefficient (Wildman–Crippen LogP) is 11.8. The van der Waals surface area contributed by atoms with Gasteiger partial charge in [0.1, 0.15) is 0 Å². The first kappa shape index (κ1) is 26.7. The van der Waals surface area contributed by atoms with Crippen molar-refractivity contribution >= 4 is 64.9 Å². The molecule has 222 valence electrons. The Hall–Kier alpha value is -6.45. The minimum Gasteiger partial charge on any atom is -0.247 e. The van der Waals surface area contributed by atoms with Crippen molar-refractivity contribution in [2.24, 2.45) is 0 Å². The van der Waals surface area contributed by atoms with Gasteiger partial charge in [-0.2, -0.15) is 0 Å². The molecule has 0 aliphatic carbocycles. The van der Waals surface area contributed by atoms with Gasteiger partial charge in [0.25, 0.3) is 0 Å². The summed E-state index contributed by atoms with van der Waals surface area (Å²) in [6.07, 6.45) is 0. The van der Waals surface area contributed by atoms with E-state index in [-0.39, 0.29) is 0 Å². The fraction of sp³-hybridized carbons (Fsp3) is 0. The molecule has 2 heterocycles. The van der Waals surface area contributed by atoms with Crippen molar-refractivity contribution in [3.63, 3.8) is 0 Å². The Balaban J connectivity index is 1.24. The Morgan fingerprint density at radius 1 is 0.292 bits per heavy atom. The van der Waals surface area contributed by atoms with Gasteiger partial charge in [0.15, 0.2) is 5.82 Å². The monoisotopic (exact) mass is 609 g/mol. The van der Waals surface area contributed by atoms with Crippen LogP contribution in [0.5, 0.6) is 0 Å². The number of rotatable bonds is 3. The maximum Gasteiger partial charge on any atom is 0.160 e. The Morgan fingerprint density at radius 2 is 0.854 bits per heavy atom.